The second kappa shape index (κ2) is 6.53. The lowest BCUT2D eigenvalue weighted by molar-refractivity contribution is 0.371. The molecule has 0 heterocycles. The van der Waals surface area contributed by atoms with Crippen LogP contribution in [0.4, 0.5) is 0 Å². The van der Waals surface area contributed by atoms with Gasteiger partial charge < -0.3 is 5.32 Å². The first kappa shape index (κ1) is 14.5. The predicted octanol–water partition coefficient (Wildman–Crippen LogP) is 2.77. The Morgan fingerprint density at radius 1 is 1.16 bits per heavy atom. The van der Waals surface area contributed by atoms with Gasteiger partial charge in [-0.3, -0.25) is 0 Å². The number of benzene rings is 1. The Bertz CT molecular complexity index is 484. The average Bonchev–Trinajstić information content (AvgIpc) is 2.46. The molecule has 0 radical (unpaired) electrons. The summed E-state index contributed by atoms with van der Waals surface area (Å²) in [5.41, 5.74) is 0. The van der Waals surface area contributed by atoms with Crippen molar-refractivity contribution in [1.29, 1.82) is 0 Å². The monoisotopic (exact) mass is 281 g/mol. The smallest absolute Gasteiger partial charge is 0.182 e. The van der Waals surface area contributed by atoms with Gasteiger partial charge in [0.2, 0.25) is 0 Å². The molecule has 0 spiro atoms. The number of hydrogen-bond donors (Lipinski definition) is 1. The maximum Gasteiger partial charge on any atom is 0.182 e. The fourth-order valence-corrected chi connectivity index (χ4v) is 4.84. The SMILES string of the molecule is CCCNC1CCCCC1S(=O)(=O)c1ccccc1. The zero-order valence-corrected chi connectivity index (χ0v) is 12.3. The quantitative estimate of drug-likeness (QED) is 0.902. The first-order valence-electron chi connectivity index (χ1n) is 7.18. The molecule has 1 fully saturated rings. The van der Waals surface area contributed by atoms with Gasteiger partial charge in [0, 0.05) is 6.04 Å². The van der Waals surface area contributed by atoms with E-state index in [-0.39, 0.29) is 11.3 Å². The van der Waals surface area contributed by atoms with E-state index in [9.17, 15) is 8.42 Å². The zero-order chi connectivity index (χ0) is 13.7. The van der Waals surface area contributed by atoms with Gasteiger partial charge in [-0.15, -0.1) is 0 Å². The molecule has 1 aromatic carbocycles. The molecule has 4 heteroatoms. The van der Waals surface area contributed by atoms with Crippen LogP contribution in [0.25, 0.3) is 0 Å². The Morgan fingerprint density at radius 2 is 1.84 bits per heavy atom. The highest BCUT2D eigenvalue weighted by molar-refractivity contribution is 7.92. The van der Waals surface area contributed by atoms with E-state index in [1.807, 2.05) is 6.07 Å². The summed E-state index contributed by atoms with van der Waals surface area (Å²) in [6.07, 6.45) is 4.92. The minimum Gasteiger partial charge on any atom is -0.313 e. The fourth-order valence-electron chi connectivity index (χ4n) is 2.82. The molecule has 1 aliphatic rings. The maximum atomic E-state index is 12.7. The van der Waals surface area contributed by atoms with Gasteiger partial charge in [0.1, 0.15) is 0 Å². The highest BCUT2D eigenvalue weighted by Crippen LogP contribution is 2.28. The summed E-state index contributed by atoms with van der Waals surface area (Å²) in [7, 11) is -3.20. The van der Waals surface area contributed by atoms with Crippen molar-refractivity contribution in [3.8, 4) is 0 Å². The van der Waals surface area contributed by atoms with E-state index < -0.39 is 9.84 Å². The Hall–Kier alpha value is -0.870. The van der Waals surface area contributed by atoms with Gasteiger partial charge in [-0.1, -0.05) is 38.0 Å². The summed E-state index contributed by atoms with van der Waals surface area (Å²) in [4.78, 5) is 0.463. The summed E-state index contributed by atoms with van der Waals surface area (Å²) in [5.74, 6) is 0. The second-order valence-electron chi connectivity index (χ2n) is 5.24. The molecule has 19 heavy (non-hydrogen) atoms. The number of sulfone groups is 1. The minimum absolute atomic E-state index is 0.110. The molecule has 0 bridgehead atoms. The topological polar surface area (TPSA) is 46.2 Å². The van der Waals surface area contributed by atoms with Crippen molar-refractivity contribution in [1.82, 2.24) is 5.32 Å². The van der Waals surface area contributed by atoms with Crippen LogP contribution in [0, 0.1) is 0 Å². The lowest BCUT2D eigenvalue weighted by atomic mass is 9.95. The van der Waals surface area contributed by atoms with Crippen LogP contribution in [0.1, 0.15) is 39.0 Å². The highest BCUT2D eigenvalue weighted by Gasteiger charge is 2.35. The third-order valence-electron chi connectivity index (χ3n) is 3.83. The van der Waals surface area contributed by atoms with Crippen molar-refractivity contribution in [3.63, 3.8) is 0 Å². The van der Waals surface area contributed by atoms with E-state index in [4.69, 9.17) is 0 Å². The molecule has 1 aromatic rings. The molecular formula is C15H23NO2S. The molecule has 0 amide bonds. The van der Waals surface area contributed by atoms with Crippen molar-refractivity contribution in [2.24, 2.45) is 0 Å². The third kappa shape index (κ3) is 3.37. The molecule has 0 aliphatic heterocycles. The molecule has 1 saturated carbocycles. The number of hydrogen-bond acceptors (Lipinski definition) is 3. The van der Waals surface area contributed by atoms with Crippen molar-refractivity contribution >= 4 is 9.84 Å². The van der Waals surface area contributed by atoms with Gasteiger partial charge in [0.25, 0.3) is 0 Å². The Kier molecular flexibility index (Phi) is 4.99. The minimum atomic E-state index is -3.20. The van der Waals surface area contributed by atoms with E-state index in [1.165, 1.54) is 0 Å². The summed E-state index contributed by atoms with van der Waals surface area (Å²) in [6, 6.07) is 8.97. The van der Waals surface area contributed by atoms with Crippen molar-refractivity contribution in [2.45, 2.75) is 55.2 Å². The summed E-state index contributed by atoms with van der Waals surface area (Å²) in [6.45, 7) is 3.00. The van der Waals surface area contributed by atoms with E-state index in [0.717, 1.165) is 38.6 Å². The molecule has 1 aliphatic carbocycles. The molecule has 0 aromatic heterocycles. The summed E-state index contributed by atoms with van der Waals surface area (Å²) in [5, 5.41) is 3.15. The van der Waals surface area contributed by atoms with E-state index in [1.54, 1.807) is 24.3 Å². The zero-order valence-electron chi connectivity index (χ0n) is 11.5. The molecular weight excluding hydrogens is 258 g/mol. The van der Waals surface area contributed by atoms with Gasteiger partial charge >= 0.3 is 0 Å². The lowest BCUT2D eigenvalue weighted by Gasteiger charge is -2.32. The molecule has 0 saturated heterocycles. The fraction of sp³-hybridized carbons (Fsp3) is 0.600. The van der Waals surface area contributed by atoms with Crippen LogP contribution in [0.15, 0.2) is 35.2 Å². The summed E-state index contributed by atoms with van der Waals surface area (Å²) < 4.78 is 25.4. The maximum absolute atomic E-state index is 12.7. The normalized spacial score (nSPS) is 24.3. The van der Waals surface area contributed by atoms with Gasteiger partial charge in [-0.25, -0.2) is 8.42 Å². The first-order valence-corrected chi connectivity index (χ1v) is 8.73. The van der Waals surface area contributed by atoms with Crippen molar-refractivity contribution < 1.29 is 8.42 Å². The molecule has 1 N–H and O–H groups in total. The van der Waals surface area contributed by atoms with Crippen LogP contribution in [0.3, 0.4) is 0 Å². The standard InChI is InChI=1S/C15H23NO2S/c1-2-12-16-14-10-6-7-11-15(14)19(17,18)13-8-4-3-5-9-13/h3-5,8-9,14-16H,2,6-7,10-12H2,1H3. The molecule has 2 rings (SSSR count). The van der Waals surface area contributed by atoms with Crippen LogP contribution in [0.5, 0.6) is 0 Å². The van der Waals surface area contributed by atoms with E-state index in [0.29, 0.717) is 4.90 Å². The number of rotatable bonds is 5. The first-order chi connectivity index (χ1) is 9.16. The van der Waals surface area contributed by atoms with E-state index in [2.05, 4.69) is 12.2 Å². The van der Waals surface area contributed by atoms with Gasteiger partial charge in [0.05, 0.1) is 10.1 Å². The molecule has 106 valence electrons. The van der Waals surface area contributed by atoms with Crippen LogP contribution in [-0.4, -0.2) is 26.3 Å². The molecule has 2 atom stereocenters. The van der Waals surface area contributed by atoms with Crippen LogP contribution < -0.4 is 5.32 Å². The van der Waals surface area contributed by atoms with Crippen molar-refractivity contribution in [3.05, 3.63) is 30.3 Å². The molecule has 2 unspecified atom stereocenters. The largest absolute Gasteiger partial charge is 0.313 e. The summed E-state index contributed by atoms with van der Waals surface area (Å²) >= 11 is 0. The Morgan fingerprint density at radius 3 is 2.53 bits per heavy atom. The average molecular weight is 281 g/mol. The van der Waals surface area contributed by atoms with Crippen LogP contribution in [0.2, 0.25) is 0 Å². The second-order valence-corrected chi connectivity index (χ2v) is 7.41. The number of nitrogens with one attached hydrogen (secondary N) is 1. The lowest BCUT2D eigenvalue weighted by Crippen LogP contribution is -2.46. The predicted molar refractivity (Wildman–Crippen MR) is 78.0 cm³/mol. The van der Waals surface area contributed by atoms with Gasteiger partial charge in [-0.2, -0.15) is 0 Å². The highest BCUT2D eigenvalue weighted by atomic mass is 32.2. The Labute approximate surface area is 116 Å². The van der Waals surface area contributed by atoms with E-state index >= 15 is 0 Å². The Balaban J connectivity index is 2.21. The van der Waals surface area contributed by atoms with Crippen LogP contribution in [-0.2, 0) is 9.84 Å². The van der Waals surface area contributed by atoms with Gasteiger partial charge in [-0.05, 0) is 37.9 Å². The van der Waals surface area contributed by atoms with Gasteiger partial charge in [0.15, 0.2) is 9.84 Å². The van der Waals surface area contributed by atoms with Crippen LogP contribution >= 0.6 is 0 Å². The van der Waals surface area contributed by atoms with Crippen molar-refractivity contribution in [2.75, 3.05) is 6.54 Å². The third-order valence-corrected chi connectivity index (χ3v) is 6.12. The molecule has 3 nitrogen and oxygen atoms in total.